The first-order valence-corrected chi connectivity index (χ1v) is 7.88. The van der Waals surface area contributed by atoms with Crippen LogP contribution in [0.15, 0.2) is 18.2 Å². The third-order valence-electron chi connectivity index (χ3n) is 6.26. The van der Waals surface area contributed by atoms with Crippen molar-refractivity contribution in [3.05, 3.63) is 28.8 Å². The Balaban J connectivity index is 1.71. The van der Waals surface area contributed by atoms with Crippen LogP contribution >= 0.6 is 11.6 Å². The van der Waals surface area contributed by atoms with E-state index in [4.69, 9.17) is 22.1 Å². The zero-order valence-corrected chi connectivity index (χ0v) is 13.3. The monoisotopic (exact) mass is 293 g/mol. The molecule has 0 aromatic heterocycles. The summed E-state index contributed by atoms with van der Waals surface area (Å²) < 4.78 is 6.26. The summed E-state index contributed by atoms with van der Waals surface area (Å²) >= 11 is 5.93. The molecular weight excluding hydrogens is 270 g/mol. The van der Waals surface area contributed by atoms with Crippen molar-refractivity contribution in [2.45, 2.75) is 52.7 Å². The average Bonchev–Trinajstić information content (AvgIpc) is 2.70. The zero-order chi connectivity index (χ0) is 14.5. The van der Waals surface area contributed by atoms with Gasteiger partial charge in [0, 0.05) is 16.3 Å². The summed E-state index contributed by atoms with van der Waals surface area (Å²) in [4.78, 5) is 0. The van der Waals surface area contributed by atoms with Gasteiger partial charge in [-0.15, -0.1) is 0 Å². The van der Waals surface area contributed by atoms with Crippen LogP contribution in [0.5, 0.6) is 0 Å². The van der Waals surface area contributed by atoms with E-state index in [0.717, 1.165) is 17.2 Å². The van der Waals surface area contributed by atoms with Gasteiger partial charge in [0.1, 0.15) is 0 Å². The Bertz CT molecular complexity index is 528. The smallest absolute Gasteiger partial charge is 0.0740 e. The minimum Gasteiger partial charge on any atom is -0.398 e. The highest BCUT2D eigenvalue weighted by molar-refractivity contribution is 6.30. The molecule has 0 spiro atoms. The van der Waals surface area contributed by atoms with Gasteiger partial charge in [0.2, 0.25) is 0 Å². The number of halogens is 1. The maximum atomic E-state index is 6.26. The van der Waals surface area contributed by atoms with Crippen LogP contribution in [0.1, 0.15) is 45.6 Å². The first-order chi connectivity index (χ1) is 9.34. The van der Waals surface area contributed by atoms with Gasteiger partial charge in [-0.05, 0) is 48.1 Å². The van der Waals surface area contributed by atoms with Crippen molar-refractivity contribution in [1.82, 2.24) is 0 Å². The highest BCUT2D eigenvalue weighted by Crippen LogP contribution is 2.66. The summed E-state index contributed by atoms with van der Waals surface area (Å²) in [6.45, 7) is 7.80. The van der Waals surface area contributed by atoms with Crippen molar-refractivity contribution in [2.75, 3.05) is 5.73 Å². The van der Waals surface area contributed by atoms with Crippen LogP contribution in [0.3, 0.4) is 0 Å². The maximum Gasteiger partial charge on any atom is 0.0740 e. The summed E-state index contributed by atoms with van der Waals surface area (Å²) in [5.74, 6) is 0.806. The van der Waals surface area contributed by atoms with E-state index in [1.54, 1.807) is 6.07 Å². The molecule has 0 aliphatic heterocycles. The minimum absolute atomic E-state index is 0.304. The van der Waals surface area contributed by atoms with Crippen LogP contribution in [0, 0.1) is 16.7 Å². The van der Waals surface area contributed by atoms with E-state index in [-0.39, 0.29) is 0 Å². The molecule has 3 unspecified atom stereocenters. The molecule has 2 aliphatic carbocycles. The Morgan fingerprint density at radius 1 is 1.35 bits per heavy atom. The number of hydrogen-bond acceptors (Lipinski definition) is 2. The molecule has 3 atom stereocenters. The van der Waals surface area contributed by atoms with Crippen LogP contribution in [0.25, 0.3) is 0 Å². The van der Waals surface area contributed by atoms with Gasteiger partial charge in [-0.25, -0.2) is 0 Å². The molecule has 2 N–H and O–H groups in total. The van der Waals surface area contributed by atoms with Gasteiger partial charge in [0.15, 0.2) is 0 Å². The first kappa shape index (κ1) is 14.2. The molecule has 2 saturated carbocycles. The summed E-state index contributed by atoms with van der Waals surface area (Å²) in [5, 5.41) is 0.680. The molecule has 2 nitrogen and oxygen atoms in total. The van der Waals surface area contributed by atoms with E-state index in [2.05, 4.69) is 20.8 Å². The first-order valence-electron chi connectivity index (χ1n) is 7.50. The second-order valence-corrected chi connectivity index (χ2v) is 7.69. The van der Waals surface area contributed by atoms with Crippen molar-refractivity contribution in [1.29, 1.82) is 0 Å². The molecule has 2 aliphatic rings. The number of hydrogen-bond donors (Lipinski definition) is 1. The number of ether oxygens (including phenoxy) is 1. The second-order valence-electron chi connectivity index (χ2n) is 7.25. The van der Waals surface area contributed by atoms with E-state index in [0.29, 0.717) is 28.6 Å². The highest BCUT2D eigenvalue weighted by atomic mass is 35.5. The Kier molecular flexibility index (Phi) is 3.30. The van der Waals surface area contributed by atoms with Gasteiger partial charge in [-0.2, -0.15) is 0 Å². The van der Waals surface area contributed by atoms with E-state index in [9.17, 15) is 0 Å². The summed E-state index contributed by atoms with van der Waals surface area (Å²) in [6.07, 6.45) is 4.18. The Hall–Kier alpha value is -0.730. The topological polar surface area (TPSA) is 35.2 Å². The minimum atomic E-state index is 0.304. The fraction of sp³-hybridized carbons (Fsp3) is 0.647. The second kappa shape index (κ2) is 4.64. The standard InChI is InChI=1S/C17H24ClNO/c1-16(2)12-6-7-17(16,3)15(8-12)20-10-11-4-5-13(18)9-14(11)19/h4-5,9,12,15H,6-8,10,19H2,1-3H3. The molecule has 20 heavy (non-hydrogen) atoms. The molecule has 0 heterocycles. The molecule has 0 radical (unpaired) electrons. The lowest BCUT2D eigenvalue weighted by Crippen LogP contribution is -2.37. The fourth-order valence-corrected chi connectivity index (χ4v) is 4.45. The van der Waals surface area contributed by atoms with Crippen LogP contribution < -0.4 is 5.73 Å². The number of anilines is 1. The van der Waals surface area contributed by atoms with E-state index >= 15 is 0 Å². The van der Waals surface area contributed by atoms with Crippen LogP contribution in [-0.2, 0) is 11.3 Å². The van der Waals surface area contributed by atoms with Crippen LogP contribution in [0.2, 0.25) is 5.02 Å². The number of fused-ring (bicyclic) bond motifs is 2. The van der Waals surface area contributed by atoms with Crippen molar-refractivity contribution in [3.63, 3.8) is 0 Å². The van der Waals surface area contributed by atoms with E-state index in [1.807, 2.05) is 12.1 Å². The Morgan fingerprint density at radius 2 is 2.10 bits per heavy atom. The predicted molar refractivity (Wildman–Crippen MR) is 83.7 cm³/mol. The molecule has 2 bridgehead atoms. The van der Waals surface area contributed by atoms with Crippen LogP contribution in [0.4, 0.5) is 5.69 Å². The third-order valence-corrected chi connectivity index (χ3v) is 6.50. The number of nitrogens with two attached hydrogens (primary N) is 1. The number of benzene rings is 1. The summed E-state index contributed by atoms with van der Waals surface area (Å²) in [6, 6.07) is 5.65. The van der Waals surface area contributed by atoms with Gasteiger partial charge < -0.3 is 10.5 Å². The Morgan fingerprint density at radius 3 is 2.65 bits per heavy atom. The average molecular weight is 294 g/mol. The van der Waals surface area contributed by atoms with Gasteiger partial charge in [-0.1, -0.05) is 38.4 Å². The van der Waals surface area contributed by atoms with Gasteiger partial charge in [-0.3, -0.25) is 0 Å². The molecule has 0 saturated heterocycles. The molecule has 1 aromatic rings. The Labute approximate surface area is 126 Å². The lowest BCUT2D eigenvalue weighted by Gasteiger charge is -2.39. The van der Waals surface area contributed by atoms with E-state index in [1.165, 1.54) is 19.3 Å². The summed E-state index contributed by atoms with van der Waals surface area (Å²) in [5.41, 5.74) is 8.47. The third kappa shape index (κ3) is 1.96. The largest absolute Gasteiger partial charge is 0.398 e. The predicted octanol–water partition coefficient (Wildman–Crippen LogP) is 4.65. The normalized spacial score (nSPS) is 34.6. The molecule has 3 heteroatoms. The number of rotatable bonds is 3. The molecule has 3 rings (SSSR count). The summed E-state index contributed by atoms with van der Waals surface area (Å²) in [7, 11) is 0. The van der Waals surface area contributed by atoms with Gasteiger partial charge >= 0.3 is 0 Å². The van der Waals surface area contributed by atoms with Crippen LogP contribution in [-0.4, -0.2) is 6.10 Å². The molecular formula is C17H24ClNO. The van der Waals surface area contributed by atoms with Crippen molar-refractivity contribution in [2.24, 2.45) is 16.7 Å². The zero-order valence-electron chi connectivity index (χ0n) is 12.6. The fourth-order valence-electron chi connectivity index (χ4n) is 4.27. The molecule has 110 valence electrons. The molecule has 2 fully saturated rings. The maximum absolute atomic E-state index is 6.26. The van der Waals surface area contributed by atoms with Crippen molar-refractivity contribution < 1.29 is 4.74 Å². The van der Waals surface area contributed by atoms with Gasteiger partial charge in [0.05, 0.1) is 12.7 Å². The SMILES string of the molecule is CC1(C)C2CCC1(C)C(OCc1ccc(Cl)cc1N)C2. The van der Waals surface area contributed by atoms with Crippen molar-refractivity contribution in [3.8, 4) is 0 Å². The lowest BCUT2D eigenvalue weighted by molar-refractivity contribution is -0.0548. The van der Waals surface area contributed by atoms with Gasteiger partial charge in [0.25, 0.3) is 0 Å². The number of nitrogen functional groups attached to an aromatic ring is 1. The van der Waals surface area contributed by atoms with E-state index < -0.39 is 0 Å². The lowest BCUT2D eigenvalue weighted by atomic mass is 9.70. The van der Waals surface area contributed by atoms with Crippen molar-refractivity contribution >= 4 is 17.3 Å². The highest BCUT2D eigenvalue weighted by Gasteiger charge is 2.61. The molecule has 0 amide bonds. The molecule has 1 aromatic carbocycles. The quantitative estimate of drug-likeness (QED) is 0.823.